The van der Waals surface area contributed by atoms with Gasteiger partial charge in [0.05, 0.1) is 22.5 Å². The number of nitrogens with zero attached hydrogens (tertiary/aromatic N) is 1. The minimum absolute atomic E-state index is 0.0317. The summed E-state index contributed by atoms with van der Waals surface area (Å²) in [6, 6.07) is 0. The molecule has 0 aliphatic heterocycles. The Bertz CT molecular complexity index is 647. The van der Waals surface area contributed by atoms with Crippen molar-refractivity contribution in [3.8, 4) is 0 Å². The van der Waals surface area contributed by atoms with Crippen LogP contribution in [0.3, 0.4) is 0 Å². The van der Waals surface area contributed by atoms with Crippen molar-refractivity contribution >= 4 is 34.3 Å². The highest BCUT2D eigenvalue weighted by molar-refractivity contribution is 14.1. The molecule has 3 rings (SSSR count). The van der Waals surface area contributed by atoms with E-state index in [4.69, 9.17) is 0 Å². The van der Waals surface area contributed by atoms with Crippen molar-refractivity contribution in [2.75, 3.05) is 0 Å². The molecule has 0 amide bonds. The molecule has 1 aromatic heterocycles. The first-order chi connectivity index (χ1) is 9.84. The highest BCUT2D eigenvalue weighted by Crippen LogP contribution is 2.50. The number of carboxylic acids is 1. The lowest BCUT2D eigenvalue weighted by Crippen LogP contribution is -2.39. The molecule has 0 atom stereocenters. The van der Waals surface area contributed by atoms with Gasteiger partial charge in [0.25, 0.3) is 0 Å². The highest BCUT2D eigenvalue weighted by atomic mass is 127. The third-order valence-electron chi connectivity index (χ3n) is 4.77. The third kappa shape index (κ3) is 2.29. The first kappa shape index (κ1) is 14.9. The van der Waals surface area contributed by atoms with Crippen LogP contribution in [0.15, 0.2) is 0 Å². The number of carbonyl (C=O) groups excluding carboxylic acids is 1. The third-order valence-corrected chi connectivity index (χ3v) is 5.85. The number of ketones is 1. The summed E-state index contributed by atoms with van der Waals surface area (Å²) in [5.41, 5.74) is 2.31. The van der Waals surface area contributed by atoms with Crippen LogP contribution in [-0.4, -0.2) is 21.8 Å². The largest absolute Gasteiger partial charge is 0.478 e. The number of carboxylic acid groups (broad SMARTS) is 1. The summed E-state index contributed by atoms with van der Waals surface area (Å²) in [7, 11) is 0. The van der Waals surface area contributed by atoms with E-state index in [0.29, 0.717) is 21.2 Å². The van der Waals surface area contributed by atoms with Gasteiger partial charge in [-0.3, -0.25) is 9.78 Å². The Kier molecular flexibility index (Phi) is 3.58. The maximum Gasteiger partial charge on any atom is 0.338 e. The SMILES string of the molecule is CC(C)c1nc2c(c(I)c1C(=O)O)C(=O)CC1(CCC1)C2. The fraction of sp³-hybridized carbons (Fsp3) is 0.562. The molecule has 0 radical (unpaired) electrons. The van der Waals surface area contributed by atoms with Crippen LogP contribution in [0.2, 0.25) is 0 Å². The Labute approximate surface area is 137 Å². The average molecular weight is 399 g/mol. The molecule has 4 nitrogen and oxygen atoms in total. The molecular formula is C16H18INO3. The summed E-state index contributed by atoms with van der Waals surface area (Å²) in [6.45, 7) is 3.89. The zero-order chi connectivity index (χ0) is 15.4. The van der Waals surface area contributed by atoms with E-state index >= 15 is 0 Å². The molecular weight excluding hydrogens is 381 g/mol. The summed E-state index contributed by atoms with van der Waals surface area (Å²) in [6.07, 6.45) is 4.74. The normalized spacial score (nSPS) is 19.5. The fourth-order valence-corrected chi connectivity index (χ4v) is 4.65. The fourth-order valence-electron chi connectivity index (χ4n) is 3.53. The molecule has 0 bridgehead atoms. The monoisotopic (exact) mass is 399 g/mol. The Balaban J connectivity index is 2.20. The lowest BCUT2D eigenvalue weighted by molar-refractivity contribution is 0.0690. The van der Waals surface area contributed by atoms with E-state index in [-0.39, 0.29) is 22.7 Å². The molecule has 21 heavy (non-hydrogen) atoms. The van der Waals surface area contributed by atoms with E-state index < -0.39 is 5.97 Å². The van der Waals surface area contributed by atoms with Gasteiger partial charge >= 0.3 is 5.97 Å². The van der Waals surface area contributed by atoms with Crippen LogP contribution in [0.1, 0.15) is 77.6 Å². The van der Waals surface area contributed by atoms with Gasteiger partial charge in [0.1, 0.15) is 0 Å². The lowest BCUT2D eigenvalue weighted by atomic mass is 9.60. The van der Waals surface area contributed by atoms with E-state index in [2.05, 4.69) is 4.98 Å². The lowest BCUT2D eigenvalue weighted by Gasteiger charge is -2.44. The van der Waals surface area contributed by atoms with E-state index in [0.717, 1.165) is 25.0 Å². The van der Waals surface area contributed by atoms with Crippen LogP contribution in [0.5, 0.6) is 0 Å². The molecule has 112 valence electrons. The summed E-state index contributed by atoms with van der Waals surface area (Å²) in [5, 5.41) is 9.49. The second kappa shape index (κ2) is 5.04. The second-order valence-corrected chi connectivity index (χ2v) is 7.68. The number of Topliss-reactive ketones (excluding diaryl/α,β-unsaturated/α-hetero) is 1. The number of hydrogen-bond acceptors (Lipinski definition) is 3. The smallest absolute Gasteiger partial charge is 0.338 e. The number of rotatable bonds is 2. The number of halogens is 1. The van der Waals surface area contributed by atoms with Crippen molar-refractivity contribution in [1.82, 2.24) is 4.98 Å². The molecule has 1 aromatic rings. The van der Waals surface area contributed by atoms with Crippen molar-refractivity contribution in [3.05, 3.63) is 26.1 Å². The van der Waals surface area contributed by atoms with Crippen molar-refractivity contribution in [2.24, 2.45) is 5.41 Å². The van der Waals surface area contributed by atoms with Gasteiger partial charge < -0.3 is 5.11 Å². The van der Waals surface area contributed by atoms with E-state index in [1.165, 1.54) is 6.42 Å². The molecule has 1 saturated carbocycles. The van der Waals surface area contributed by atoms with Crippen molar-refractivity contribution in [3.63, 3.8) is 0 Å². The van der Waals surface area contributed by atoms with Gasteiger partial charge in [0.15, 0.2) is 5.78 Å². The van der Waals surface area contributed by atoms with Crippen molar-refractivity contribution in [2.45, 2.75) is 51.9 Å². The van der Waals surface area contributed by atoms with Gasteiger partial charge in [0.2, 0.25) is 0 Å². The molecule has 1 N–H and O–H groups in total. The van der Waals surface area contributed by atoms with Crippen LogP contribution in [-0.2, 0) is 6.42 Å². The first-order valence-electron chi connectivity index (χ1n) is 7.33. The summed E-state index contributed by atoms with van der Waals surface area (Å²) < 4.78 is 0.577. The number of aromatic nitrogens is 1. The molecule has 0 unspecified atom stereocenters. The molecule has 5 heteroatoms. The van der Waals surface area contributed by atoms with E-state index in [1.54, 1.807) is 0 Å². The van der Waals surface area contributed by atoms with Gasteiger partial charge in [-0.1, -0.05) is 20.3 Å². The second-order valence-electron chi connectivity index (χ2n) is 6.60. The van der Waals surface area contributed by atoms with Crippen LogP contribution in [0, 0.1) is 8.99 Å². The van der Waals surface area contributed by atoms with Gasteiger partial charge in [-0.05, 0) is 53.2 Å². The zero-order valence-corrected chi connectivity index (χ0v) is 14.4. The highest BCUT2D eigenvalue weighted by Gasteiger charge is 2.45. The number of aromatic carboxylic acids is 1. The Hall–Kier alpha value is -0.980. The van der Waals surface area contributed by atoms with Crippen LogP contribution in [0.25, 0.3) is 0 Å². The predicted molar refractivity (Wildman–Crippen MR) is 86.9 cm³/mol. The quantitative estimate of drug-likeness (QED) is 0.769. The standard InChI is InChI=1S/C16H18INO3/c1-8(2)14-12(15(20)21)13(17)11-9(18-14)6-16(4-3-5-16)7-10(11)19/h8H,3-7H2,1-2H3,(H,20,21). The summed E-state index contributed by atoms with van der Waals surface area (Å²) in [4.78, 5) is 28.7. The Morgan fingerprint density at radius 1 is 1.33 bits per heavy atom. The molecule has 0 saturated heterocycles. The van der Waals surface area contributed by atoms with Crippen LogP contribution >= 0.6 is 22.6 Å². The van der Waals surface area contributed by atoms with Gasteiger partial charge in [-0.2, -0.15) is 0 Å². The maximum atomic E-state index is 12.5. The van der Waals surface area contributed by atoms with Crippen molar-refractivity contribution < 1.29 is 14.7 Å². The van der Waals surface area contributed by atoms with Crippen LogP contribution in [0.4, 0.5) is 0 Å². The number of hydrogen-bond donors (Lipinski definition) is 1. The van der Waals surface area contributed by atoms with E-state index in [9.17, 15) is 14.7 Å². The Morgan fingerprint density at radius 3 is 2.48 bits per heavy atom. The molecule has 2 aliphatic carbocycles. The number of carbonyl (C=O) groups is 2. The number of pyridine rings is 1. The summed E-state index contributed by atoms with van der Waals surface area (Å²) in [5.74, 6) is -0.884. The topological polar surface area (TPSA) is 67.3 Å². The first-order valence-corrected chi connectivity index (χ1v) is 8.41. The average Bonchev–Trinajstić information content (AvgIpc) is 2.34. The maximum absolute atomic E-state index is 12.5. The molecule has 0 aromatic carbocycles. The summed E-state index contributed by atoms with van der Waals surface area (Å²) >= 11 is 2.01. The minimum Gasteiger partial charge on any atom is -0.478 e. The van der Waals surface area contributed by atoms with Crippen LogP contribution < -0.4 is 0 Å². The van der Waals surface area contributed by atoms with Gasteiger partial charge in [0, 0.05) is 9.99 Å². The molecule has 1 fully saturated rings. The van der Waals surface area contributed by atoms with Gasteiger partial charge in [-0.15, -0.1) is 0 Å². The molecule has 2 aliphatic rings. The van der Waals surface area contributed by atoms with E-state index in [1.807, 2.05) is 36.4 Å². The molecule has 1 spiro atoms. The van der Waals surface area contributed by atoms with Gasteiger partial charge in [-0.25, -0.2) is 4.79 Å². The zero-order valence-electron chi connectivity index (χ0n) is 12.2. The predicted octanol–water partition coefficient (Wildman–Crippen LogP) is 3.81. The Morgan fingerprint density at radius 2 is 2.00 bits per heavy atom. The number of fused-ring (bicyclic) bond motifs is 1. The minimum atomic E-state index is -0.991. The molecule has 1 heterocycles. The van der Waals surface area contributed by atoms with Crippen molar-refractivity contribution in [1.29, 1.82) is 0 Å².